The second-order valence-electron chi connectivity index (χ2n) is 5.25. The quantitative estimate of drug-likeness (QED) is 0.791. The van der Waals surface area contributed by atoms with Crippen molar-refractivity contribution in [3.05, 3.63) is 29.8 Å². The lowest BCUT2D eigenvalue weighted by molar-refractivity contribution is 0.0934. The van der Waals surface area contributed by atoms with Crippen molar-refractivity contribution in [1.82, 2.24) is 5.32 Å². The number of nitrogens with one attached hydrogen (secondary N) is 1. The van der Waals surface area contributed by atoms with Crippen LogP contribution in [0.5, 0.6) is 0 Å². The van der Waals surface area contributed by atoms with Gasteiger partial charge in [-0.25, -0.2) is 0 Å². The second-order valence-corrected chi connectivity index (χ2v) is 5.76. The molecular weight excluding hydrogens is 230 g/mol. The average Bonchev–Trinajstić information content (AvgIpc) is 2.75. The first kappa shape index (κ1) is 12.5. The zero-order chi connectivity index (χ0) is 12.3. The molecule has 0 radical (unpaired) electrons. The van der Waals surface area contributed by atoms with Gasteiger partial charge in [0.15, 0.2) is 0 Å². The van der Waals surface area contributed by atoms with Crippen molar-refractivity contribution < 1.29 is 4.79 Å². The Morgan fingerprint density at radius 1 is 1.29 bits per heavy atom. The number of thiol groups is 1. The summed E-state index contributed by atoms with van der Waals surface area (Å²) < 4.78 is 0. The molecule has 1 amide bonds. The third kappa shape index (κ3) is 3.25. The summed E-state index contributed by atoms with van der Waals surface area (Å²) in [5, 5.41) is 3.04. The molecule has 1 saturated carbocycles. The van der Waals surface area contributed by atoms with E-state index in [1.54, 1.807) is 0 Å². The molecule has 2 nitrogen and oxygen atoms in total. The molecule has 0 spiro atoms. The maximum absolute atomic E-state index is 11.9. The van der Waals surface area contributed by atoms with Crippen LogP contribution in [-0.4, -0.2) is 12.5 Å². The Labute approximate surface area is 108 Å². The Morgan fingerprint density at radius 2 is 1.88 bits per heavy atom. The Morgan fingerprint density at radius 3 is 2.47 bits per heavy atom. The van der Waals surface area contributed by atoms with Crippen LogP contribution < -0.4 is 5.32 Å². The van der Waals surface area contributed by atoms with Gasteiger partial charge >= 0.3 is 0 Å². The van der Waals surface area contributed by atoms with Crippen LogP contribution in [0.3, 0.4) is 0 Å². The molecule has 0 bridgehead atoms. The van der Waals surface area contributed by atoms with E-state index in [2.05, 4.69) is 24.9 Å². The summed E-state index contributed by atoms with van der Waals surface area (Å²) in [5.41, 5.74) is 1.02. The maximum atomic E-state index is 11.9. The Bertz CT molecular complexity index is 393. The second kappa shape index (κ2) is 5.13. The molecule has 1 aliphatic carbocycles. The Kier molecular flexibility index (Phi) is 3.77. The van der Waals surface area contributed by atoms with Crippen LogP contribution in [0.2, 0.25) is 0 Å². The minimum absolute atomic E-state index is 0.0199. The van der Waals surface area contributed by atoms with Crippen molar-refractivity contribution in [1.29, 1.82) is 0 Å². The molecule has 1 aliphatic rings. The van der Waals surface area contributed by atoms with E-state index < -0.39 is 0 Å². The van der Waals surface area contributed by atoms with Gasteiger partial charge in [-0.2, -0.15) is 0 Å². The van der Waals surface area contributed by atoms with Gasteiger partial charge in [0.05, 0.1) is 0 Å². The summed E-state index contributed by atoms with van der Waals surface area (Å²) in [6, 6.07) is 7.31. The SMILES string of the molecule is CC1(CNC(=O)c2ccc(S)cc2)CCCC1. The van der Waals surface area contributed by atoms with Crippen molar-refractivity contribution in [2.45, 2.75) is 37.5 Å². The van der Waals surface area contributed by atoms with Crippen LogP contribution in [0.15, 0.2) is 29.2 Å². The van der Waals surface area contributed by atoms with Crippen molar-refractivity contribution in [2.24, 2.45) is 5.41 Å². The van der Waals surface area contributed by atoms with E-state index in [4.69, 9.17) is 0 Å². The molecule has 1 N–H and O–H groups in total. The number of rotatable bonds is 3. The van der Waals surface area contributed by atoms with E-state index in [-0.39, 0.29) is 5.91 Å². The van der Waals surface area contributed by atoms with Crippen LogP contribution in [0.4, 0.5) is 0 Å². The Hall–Kier alpha value is -0.960. The van der Waals surface area contributed by atoms with Gasteiger partial charge in [-0.15, -0.1) is 12.6 Å². The first-order valence-corrected chi connectivity index (χ1v) is 6.61. The lowest BCUT2D eigenvalue weighted by atomic mass is 9.89. The first-order valence-electron chi connectivity index (χ1n) is 6.16. The molecule has 0 aliphatic heterocycles. The largest absolute Gasteiger partial charge is 0.351 e. The summed E-state index contributed by atoms with van der Waals surface area (Å²) in [4.78, 5) is 12.8. The summed E-state index contributed by atoms with van der Waals surface area (Å²) >= 11 is 4.20. The van der Waals surface area contributed by atoms with Crippen LogP contribution in [0, 0.1) is 5.41 Å². The molecule has 0 unspecified atom stereocenters. The minimum atomic E-state index is 0.0199. The maximum Gasteiger partial charge on any atom is 0.251 e. The van der Waals surface area contributed by atoms with E-state index in [9.17, 15) is 4.79 Å². The molecule has 0 heterocycles. The summed E-state index contributed by atoms with van der Waals surface area (Å²) in [6.07, 6.45) is 5.03. The highest BCUT2D eigenvalue weighted by molar-refractivity contribution is 7.80. The van der Waals surface area contributed by atoms with Gasteiger partial charge in [0.1, 0.15) is 0 Å². The normalized spacial score (nSPS) is 18.0. The predicted octanol–water partition coefficient (Wildman–Crippen LogP) is 3.29. The lowest BCUT2D eigenvalue weighted by Gasteiger charge is -2.23. The molecule has 0 atom stereocenters. The lowest BCUT2D eigenvalue weighted by Crippen LogP contribution is -2.34. The van der Waals surface area contributed by atoms with E-state index in [0.717, 1.165) is 11.4 Å². The van der Waals surface area contributed by atoms with Crippen molar-refractivity contribution >= 4 is 18.5 Å². The highest BCUT2D eigenvalue weighted by atomic mass is 32.1. The standard InChI is InChI=1S/C14H19NOS/c1-14(8-2-3-9-14)10-15-13(16)11-4-6-12(17)7-5-11/h4-7,17H,2-3,8-10H2,1H3,(H,15,16). The number of benzene rings is 1. The Balaban J connectivity index is 1.91. The number of hydrogen-bond acceptors (Lipinski definition) is 2. The van der Waals surface area contributed by atoms with E-state index in [1.807, 2.05) is 24.3 Å². The molecule has 0 aromatic heterocycles. The van der Waals surface area contributed by atoms with E-state index in [0.29, 0.717) is 11.0 Å². The van der Waals surface area contributed by atoms with Gasteiger partial charge in [-0.1, -0.05) is 19.8 Å². The van der Waals surface area contributed by atoms with Crippen LogP contribution in [0.1, 0.15) is 43.0 Å². The zero-order valence-corrected chi connectivity index (χ0v) is 11.1. The molecular formula is C14H19NOS. The molecule has 1 aromatic carbocycles. The predicted molar refractivity (Wildman–Crippen MR) is 72.6 cm³/mol. The van der Waals surface area contributed by atoms with Crippen LogP contribution in [0.25, 0.3) is 0 Å². The molecule has 0 saturated heterocycles. The number of carbonyl (C=O) groups excluding carboxylic acids is 1. The van der Waals surface area contributed by atoms with Gasteiger partial charge in [-0.05, 0) is 42.5 Å². The average molecular weight is 249 g/mol. The third-order valence-corrected chi connectivity index (χ3v) is 3.91. The topological polar surface area (TPSA) is 29.1 Å². The molecule has 1 fully saturated rings. The fourth-order valence-corrected chi connectivity index (χ4v) is 2.56. The molecule has 17 heavy (non-hydrogen) atoms. The van der Waals surface area contributed by atoms with Gasteiger partial charge in [0.25, 0.3) is 5.91 Å². The minimum Gasteiger partial charge on any atom is -0.351 e. The van der Waals surface area contributed by atoms with Crippen LogP contribution in [-0.2, 0) is 0 Å². The zero-order valence-electron chi connectivity index (χ0n) is 10.2. The first-order chi connectivity index (χ1) is 8.09. The molecule has 3 heteroatoms. The molecule has 2 rings (SSSR count). The third-order valence-electron chi connectivity index (χ3n) is 3.62. The van der Waals surface area contributed by atoms with Gasteiger partial charge < -0.3 is 5.32 Å². The number of amides is 1. The molecule has 92 valence electrons. The van der Waals surface area contributed by atoms with Gasteiger partial charge in [0.2, 0.25) is 0 Å². The fraction of sp³-hybridized carbons (Fsp3) is 0.500. The highest BCUT2D eigenvalue weighted by Gasteiger charge is 2.28. The highest BCUT2D eigenvalue weighted by Crippen LogP contribution is 2.36. The smallest absolute Gasteiger partial charge is 0.251 e. The van der Waals surface area contributed by atoms with E-state index in [1.165, 1.54) is 25.7 Å². The number of carbonyl (C=O) groups is 1. The van der Waals surface area contributed by atoms with Gasteiger partial charge in [0, 0.05) is 17.0 Å². The monoisotopic (exact) mass is 249 g/mol. The van der Waals surface area contributed by atoms with Crippen molar-refractivity contribution in [3.8, 4) is 0 Å². The summed E-state index contributed by atoms with van der Waals surface area (Å²) in [5.74, 6) is 0.0199. The summed E-state index contributed by atoms with van der Waals surface area (Å²) in [6.45, 7) is 3.05. The van der Waals surface area contributed by atoms with Gasteiger partial charge in [-0.3, -0.25) is 4.79 Å². The van der Waals surface area contributed by atoms with E-state index >= 15 is 0 Å². The molecule has 1 aromatic rings. The van der Waals surface area contributed by atoms with Crippen molar-refractivity contribution in [2.75, 3.05) is 6.54 Å². The fourth-order valence-electron chi connectivity index (χ4n) is 2.41. The van der Waals surface area contributed by atoms with Crippen LogP contribution >= 0.6 is 12.6 Å². The van der Waals surface area contributed by atoms with Crippen molar-refractivity contribution in [3.63, 3.8) is 0 Å². The summed E-state index contributed by atoms with van der Waals surface area (Å²) in [7, 11) is 0. The number of hydrogen-bond donors (Lipinski definition) is 2.